The maximum Gasteiger partial charge on any atom is 0.143 e. The average molecular weight is 398 g/mol. The van der Waals surface area contributed by atoms with Gasteiger partial charge in [0, 0.05) is 28.1 Å². The second-order valence-electron chi connectivity index (χ2n) is 10.1. The molecule has 154 valence electrons. The van der Waals surface area contributed by atoms with Gasteiger partial charge in [-0.25, -0.2) is 0 Å². The number of nitrogens with zero attached hydrogens (tertiary/aromatic N) is 1. The summed E-state index contributed by atoms with van der Waals surface area (Å²) in [6, 6.07) is 13.5. The van der Waals surface area contributed by atoms with Crippen LogP contribution in [-0.2, 0) is 5.41 Å². The fraction of sp³-hybridized carbons (Fsp3) is 0.393. The first kappa shape index (κ1) is 19.4. The number of benzene rings is 2. The molecule has 30 heavy (non-hydrogen) atoms. The molecule has 2 nitrogen and oxygen atoms in total. The van der Waals surface area contributed by atoms with Crippen molar-refractivity contribution in [3.05, 3.63) is 65.0 Å². The summed E-state index contributed by atoms with van der Waals surface area (Å²) >= 11 is 0. The average Bonchev–Trinajstić information content (AvgIpc) is 3.32. The van der Waals surface area contributed by atoms with Crippen LogP contribution in [0.15, 0.2) is 47.0 Å². The predicted molar refractivity (Wildman–Crippen MR) is 126 cm³/mol. The molecular weight excluding hydrogens is 366 g/mol. The third-order valence-corrected chi connectivity index (χ3v) is 6.81. The molecule has 5 rings (SSSR count). The lowest BCUT2D eigenvalue weighted by Crippen LogP contribution is -2.10. The highest BCUT2D eigenvalue weighted by Gasteiger charge is 2.26. The zero-order chi connectivity index (χ0) is 21.0. The van der Waals surface area contributed by atoms with Crippen LogP contribution in [0.1, 0.15) is 74.8 Å². The third kappa shape index (κ3) is 3.14. The van der Waals surface area contributed by atoms with Gasteiger partial charge < -0.3 is 4.42 Å². The standard InChI is InChI=1S/C28H31NO/c1-17-14-23-25(19-8-6-7-9-19)18(2)30-27(23)24(15-17)26-22-11-10-21(28(3,4)5)16-20(22)12-13-29-26/h10-16,19H,6-9H2,1-5H3. The second kappa shape index (κ2) is 6.97. The summed E-state index contributed by atoms with van der Waals surface area (Å²) in [5.41, 5.74) is 7.31. The quantitative estimate of drug-likeness (QED) is 0.340. The number of furan rings is 1. The van der Waals surface area contributed by atoms with Crippen LogP contribution in [0, 0.1) is 13.8 Å². The highest BCUT2D eigenvalue weighted by molar-refractivity contribution is 6.03. The van der Waals surface area contributed by atoms with Crippen molar-refractivity contribution in [2.24, 2.45) is 0 Å². The summed E-state index contributed by atoms with van der Waals surface area (Å²) < 4.78 is 6.44. The molecule has 1 aliphatic rings. The Labute approximate surface area is 179 Å². The molecule has 2 heterocycles. The van der Waals surface area contributed by atoms with Crippen molar-refractivity contribution in [1.82, 2.24) is 4.98 Å². The Morgan fingerprint density at radius 3 is 2.43 bits per heavy atom. The van der Waals surface area contributed by atoms with E-state index in [0.717, 1.165) is 22.6 Å². The van der Waals surface area contributed by atoms with Crippen molar-refractivity contribution >= 4 is 21.7 Å². The molecule has 1 saturated carbocycles. The van der Waals surface area contributed by atoms with Crippen molar-refractivity contribution < 1.29 is 4.42 Å². The lowest BCUT2D eigenvalue weighted by Gasteiger charge is -2.20. The molecule has 2 aromatic heterocycles. The number of rotatable bonds is 2. The second-order valence-corrected chi connectivity index (χ2v) is 10.1. The van der Waals surface area contributed by atoms with Gasteiger partial charge in [0.15, 0.2) is 0 Å². The summed E-state index contributed by atoms with van der Waals surface area (Å²) in [5, 5.41) is 3.72. The fourth-order valence-electron chi connectivity index (χ4n) is 5.24. The van der Waals surface area contributed by atoms with Gasteiger partial charge in [0.1, 0.15) is 11.3 Å². The number of hydrogen-bond acceptors (Lipinski definition) is 2. The Bertz CT molecular complexity index is 1250. The van der Waals surface area contributed by atoms with Crippen LogP contribution >= 0.6 is 0 Å². The molecule has 0 atom stereocenters. The Morgan fingerprint density at radius 1 is 0.933 bits per heavy atom. The van der Waals surface area contributed by atoms with Crippen molar-refractivity contribution in [2.45, 2.75) is 71.6 Å². The van der Waals surface area contributed by atoms with Gasteiger partial charge in [-0.05, 0) is 72.7 Å². The minimum absolute atomic E-state index is 0.128. The van der Waals surface area contributed by atoms with E-state index < -0.39 is 0 Å². The molecule has 0 radical (unpaired) electrons. The van der Waals surface area contributed by atoms with Crippen LogP contribution in [0.2, 0.25) is 0 Å². The van der Waals surface area contributed by atoms with Crippen LogP contribution in [0.5, 0.6) is 0 Å². The summed E-state index contributed by atoms with van der Waals surface area (Å²) in [6.07, 6.45) is 7.15. The molecule has 0 saturated heterocycles. The van der Waals surface area contributed by atoms with E-state index in [1.54, 1.807) is 0 Å². The van der Waals surface area contributed by atoms with Gasteiger partial charge in [0.25, 0.3) is 0 Å². The summed E-state index contributed by atoms with van der Waals surface area (Å²) in [5.74, 6) is 1.72. The molecule has 0 N–H and O–H groups in total. The highest BCUT2D eigenvalue weighted by atomic mass is 16.3. The molecule has 2 aromatic carbocycles. The van der Waals surface area contributed by atoms with Crippen molar-refractivity contribution in [1.29, 1.82) is 0 Å². The van der Waals surface area contributed by atoms with E-state index in [9.17, 15) is 0 Å². The summed E-state index contributed by atoms with van der Waals surface area (Å²) in [7, 11) is 0. The first-order chi connectivity index (χ1) is 14.3. The molecule has 0 unspecified atom stereocenters. The lowest BCUT2D eigenvalue weighted by atomic mass is 9.85. The summed E-state index contributed by atoms with van der Waals surface area (Å²) in [6.45, 7) is 11.1. The van der Waals surface area contributed by atoms with Gasteiger partial charge in [-0.15, -0.1) is 0 Å². The first-order valence-corrected chi connectivity index (χ1v) is 11.3. The van der Waals surface area contributed by atoms with Crippen molar-refractivity contribution in [2.75, 3.05) is 0 Å². The van der Waals surface area contributed by atoms with Gasteiger partial charge in [-0.2, -0.15) is 0 Å². The van der Waals surface area contributed by atoms with Crippen molar-refractivity contribution in [3.63, 3.8) is 0 Å². The number of aromatic nitrogens is 1. The largest absolute Gasteiger partial charge is 0.460 e. The Hall–Kier alpha value is -2.61. The number of fused-ring (bicyclic) bond motifs is 2. The molecule has 4 aromatic rings. The van der Waals surface area contributed by atoms with Gasteiger partial charge >= 0.3 is 0 Å². The molecule has 0 aliphatic heterocycles. The van der Waals surface area contributed by atoms with Crippen LogP contribution in [-0.4, -0.2) is 4.98 Å². The number of hydrogen-bond donors (Lipinski definition) is 0. The molecule has 0 amide bonds. The normalized spacial score (nSPS) is 15.5. The minimum atomic E-state index is 0.128. The van der Waals surface area contributed by atoms with Crippen LogP contribution in [0.25, 0.3) is 33.0 Å². The Morgan fingerprint density at radius 2 is 1.70 bits per heavy atom. The van der Waals surface area contributed by atoms with E-state index in [1.807, 2.05) is 6.20 Å². The van der Waals surface area contributed by atoms with E-state index >= 15 is 0 Å². The minimum Gasteiger partial charge on any atom is -0.460 e. The zero-order valence-electron chi connectivity index (χ0n) is 18.8. The predicted octanol–water partition coefficient (Wildman–Crippen LogP) is 8.22. The SMILES string of the molecule is Cc1cc(-c2nccc3cc(C(C)(C)C)ccc23)c2oc(C)c(C3CCCC3)c2c1. The molecule has 1 aliphatic carbocycles. The third-order valence-electron chi connectivity index (χ3n) is 6.81. The van der Waals surface area contributed by atoms with Crippen LogP contribution < -0.4 is 0 Å². The molecule has 1 fully saturated rings. The maximum atomic E-state index is 6.44. The molecule has 2 heteroatoms. The van der Waals surface area contributed by atoms with E-state index in [1.165, 1.54) is 58.5 Å². The Kier molecular flexibility index (Phi) is 4.50. The fourth-order valence-corrected chi connectivity index (χ4v) is 5.24. The number of aryl methyl sites for hydroxylation is 2. The Balaban J connectivity index is 1.75. The molecule has 0 bridgehead atoms. The lowest BCUT2D eigenvalue weighted by molar-refractivity contribution is 0.562. The van der Waals surface area contributed by atoms with Gasteiger partial charge in [-0.3, -0.25) is 4.98 Å². The smallest absolute Gasteiger partial charge is 0.143 e. The van der Waals surface area contributed by atoms with E-state index in [2.05, 4.69) is 71.0 Å². The molecule has 0 spiro atoms. The topological polar surface area (TPSA) is 26.0 Å². The van der Waals surface area contributed by atoms with Gasteiger partial charge in [0.05, 0.1) is 5.69 Å². The van der Waals surface area contributed by atoms with Crippen LogP contribution in [0.3, 0.4) is 0 Å². The molecular formula is C28H31NO. The van der Waals surface area contributed by atoms with Crippen LogP contribution in [0.4, 0.5) is 0 Å². The maximum absolute atomic E-state index is 6.44. The monoisotopic (exact) mass is 397 g/mol. The first-order valence-electron chi connectivity index (χ1n) is 11.3. The summed E-state index contributed by atoms with van der Waals surface area (Å²) in [4.78, 5) is 4.84. The van der Waals surface area contributed by atoms with E-state index in [-0.39, 0.29) is 5.41 Å². The van der Waals surface area contributed by atoms with Gasteiger partial charge in [0.2, 0.25) is 0 Å². The van der Waals surface area contributed by atoms with E-state index in [0.29, 0.717) is 5.92 Å². The van der Waals surface area contributed by atoms with Crippen molar-refractivity contribution in [3.8, 4) is 11.3 Å². The van der Waals surface area contributed by atoms with Gasteiger partial charge in [-0.1, -0.05) is 51.8 Å². The number of pyridine rings is 1. The zero-order valence-corrected chi connectivity index (χ0v) is 18.8. The highest BCUT2D eigenvalue weighted by Crippen LogP contribution is 2.44. The van der Waals surface area contributed by atoms with E-state index in [4.69, 9.17) is 9.40 Å².